The molecule has 66 valence electrons. The van der Waals surface area contributed by atoms with Gasteiger partial charge in [-0.05, 0) is 31.3 Å². The Morgan fingerprint density at radius 1 is 1.33 bits per heavy atom. The lowest BCUT2D eigenvalue weighted by Gasteiger charge is -2.36. The molecule has 0 aromatic carbocycles. The standard InChI is InChI=1S/C10H14O2/c1-7-3-2-4-8-5-6-9(11)12-10(7)8/h8,10H,1-6H2. The van der Waals surface area contributed by atoms with E-state index in [1.807, 2.05) is 0 Å². The van der Waals surface area contributed by atoms with E-state index in [9.17, 15) is 4.79 Å². The Bertz CT molecular complexity index is 220. The van der Waals surface area contributed by atoms with Crippen LogP contribution < -0.4 is 0 Å². The van der Waals surface area contributed by atoms with Crippen molar-refractivity contribution < 1.29 is 9.53 Å². The summed E-state index contributed by atoms with van der Waals surface area (Å²) >= 11 is 0. The van der Waals surface area contributed by atoms with Gasteiger partial charge in [0, 0.05) is 12.3 Å². The van der Waals surface area contributed by atoms with E-state index >= 15 is 0 Å². The van der Waals surface area contributed by atoms with Crippen LogP contribution in [-0.2, 0) is 9.53 Å². The van der Waals surface area contributed by atoms with Crippen LogP contribution in [0, 0.1) is 5.92 Å². The van der Waals surface area contributed by atoms with Crippen LogP contribution in [-0.4, -0.2) is 12.1 Å². The van der Waals surface area contributed by atoms with Gasteiger partial charge in [-0.15, -0.1) is 0 Å². The summed E-state index contributed by atoms with van der Waals surface area (Å²) in [6, 6.07) is 0. The van der Waals surface area contributed by atoms with Crippen molar-refractivity contribution in [1.29, 1.82) is 0 Å². The number of rotatable bonds is 0. The second-order valence-corrected chi connectivity index (χ2v) is 3.76. The van der Waals surface area contributed by atoms with Gasteiger partial charge in [0.2, 0.25) is 0 Å². The Labute approximate surface area is 72.6 Å². The van der Waals surface area contributed by atoms with Crippen LogP contribution in [0.15, 0.2) is 12.2 Å². The molecule has 2 atom stereocenters. The number of esters is 1. The van der Waals surface area contributed by atoms with Gasteiger partial charge in [-0.25, -0.2) is 0 Å². The van der Waals surface area contributed by atoms with E-state index in [2.05, 4.69) is 6.58 Å². The van der Waals surface area contributed by atoms with Gasteiger partial charge in [0.15, 0.2) is 0 Å². The smallest absolute Gasteiger partial charge is 0.306 e. The predicted molar refractivity (Wildman–Crippen MR) is 45.6 cm³/mol. The molecule has 0 aromatic rings. The first-order valence-corrected chi connectivity index (χ1v) is 4.64. The van der Waals surface area contributed by atoms with Crippen molar-refractivity contribution in [3.8, 4) is 0 Å². The van der Waals surface area contributed by atoms with Gasteiger partial charge in [-0.1, -0.05) is 6.58 Å². The molecule has 0 bridgehead atoms. The lowest BCUT2D eigenvalue weighted by atomic mass is 9.79. The van der Waals surface area contributed by atoms with E-state index in [0.29, 0.717) is 12.3 Å². The molecular weight excluding hydrogens is 152 g/mol. The van der Waals surface area contributed by atoms with Crippen molar-refractivity contribution in [3.63, 3.8) is 0 Å². The summed E-state index contributed by atoms with van der Waals surface area (Å²) in [4.78, 5) is 11.0. The molecule has 0 radical (unpaired) electrons. The molecule has 2 rings (SSSR count). The Morgan fingerprint density at radius 2 is 2.17 bits per heavy atom. The molecule has 2 heteroatoms. The molecule has 2 unspecified atom stereocenters. The minimum atomic E-state index is -0.0423. The molecule has 1 aliphatic heterocycles. The zero-order chi connectivity index (χ0) is 8.55. The molecule has 1 aliphatic carbocycles. The summed E-state index contributed by atoms with van der Waals surface area (Å²) in [6.07, 6.45) is 5.12. The number of ether oxygens (including phenoxy) is 1. The first-order chi connectivity index (χ1) is 5.77. The minimum absolute atomic E-state index is 0.0423. The average molecular weight is 166 g/mol. The molecular formula is C10H14O2. The summed E-state index contributed by atoms with van der Waals surface area (Å²) in [6.45, 7) is 3.96. The van der Waals surface area contributed by atoms with Gasteiger partial charge in [0.1, 0.15) is 6.10 Å². The maximum atomic E-state index is 11.0. The van der Waals surface area contributed by atoms with Crippen LogP contribution in [0.3, 0.4) is 0 Å². The Kier molecular flexibility index (Phi) is 1.91. The number of fused-ring (bicyclic) bond motifs is 1. The van der Waals surface area contributed by atoms with Crippen molar-refractivity contribution in [2.45, 2.75) is 38.2 Å². The molecule has 0 N–H and O–H groups in total. The number of carbonyl (C=O) groups excluding carboxylic acids is 1. The average Bonchev–Trinajstić information content (AvgIpc) is 2.07. The third kappa shape index (κ3) is 1.26. The zero-order valence-corrected chi connectivity index (χ0v) is 7.21. The summed E-state index contributed by atoms with van der Waals surface area (Å²) in [7, 11) is 0. The summed E-state index contributed by atoms with van der Waals surface area (Å²) < 4.78 is 5.26. The molecule has 0 aromatic heterocycles. The molecule has 1 saturated carbocycles. The third-order valence-electron chi connectivity index (χ3n) is 2.88. The highest BCUT2D eigenvalue weighted by Crippen LogP contribution is 2.36. The molecule has 1 heterocycles. The van der Waals surface area contributed by atoms with Crippen LogP contribution in [0.1, 0.15) is 32.1 Å². The molecule has 2 fully saturated rings. The van der Waals surface area contributed by atoms with E-state index in [1.165, 1.54) is 12.8 Å². The lowest BCUT2D eigenvalue weighted by Crippen LogP contribution is -2.36. The number of hydrogen-bond donors (Lipinski definition) is 0. The van der Waals surface area contributed by atoms with Crippen LogP contribution in [0.4, 0.5) is 0 Å². The molecule has 1 saturated heterocycles. The fourth-order valence-electron chi connectivity index (χ4n) is 2.20. The van der Waals surface area contributed by atoms with E-state index in [0.717, 1.165) is 18.4 Å². The van der Waals surface area contributed by atoms with E-state index < -0.39 is 0 Å². The highest BCUT2D eigenvalue weighted by atomic mass is 16.5. The van der Waals surface area contributed by atoms with Crippen molar-refractivity contribution in [1.82, 2.24) is 0 Å². The van der Waals surface area contributed by atoms with Crippen LogP contribution in [0.2, 0.25) is 0 Å². The second-order valence-electron chi connectivity index (χ2n) is 3.76. The fraction of sp³-hybridized carbons (Fsp3) is 0.700. The highest BCUT2D eigenvalue weighted by Gasteiger charge is 2.34. The van der Waals surface area contributed by atoms with Crippen molar-refractivity contribution in [2.24, 2.45) is 5.92 Å². The third-order valence-corrected chi connectivity index (χ3v) is 2.88. The predicted octanol–water partition coefficient (Wildman–Crippen LogP) is 2.05. The topological polar surface area (TPSA) is 26.3 Å². The lowest BCUT2D eigenvalue weighted by molar-refractivity contribution is -0.156. The first kappa shape index (κ1) is 7.84. The maximum Gasteiger partial charge on any atom is 0.306 e. The fourth-order valence-corrected chi connectivity index (χ4v) is 2.20. The van der Waals surface area contributed by atoms with Crippen LogP contribution in [0.5, 0.6) is 0 Å². The van der Waals surface area contributed by atoms with E-state index in [4.69, 9.17) is 4.74 Å². The monoisotopic (exact) mass is 166 g/mol. The van der Waals surface area contributed by atoms with Gasteiger partial charge in [0.05, 0.1) is 0 Å². The van der Waals surface area contributed by atoms with Crippen molar-refractivity contribution in [2.75, 3.05) is 0 Å². The minimum Gasteiger partial charge on any atom is -0.458 e. The van der Waals surface area contributed by atoms with Crippen molar-refractivity contribution >= 4 is 5.97 Å². The number of hydrogen-bond acceptors (Lipinski definition) is 2. The van der Waals surface area contributed by atoms with Gasteiger partial charge in [-0.2, -0.15) is 0 Å². The number of carbonyl (C=O) groups is 1. The van der Waals surface area contributed by atoms with Crippen LogP contribution in [0.25, 0.3) is 0 Å². The summed E-state index contributed by atoms with van der Waals surface area (Å²) in [5.74, 6) is 0.531. The van der Waals surface area contributed by atoms with Gasteiger partial charge in [-0.3, -0.25) is 4.79 Å². The van der Waals surface area contributed by atoms with E-state index in [-0.39, 0.29) is 12.1 Å². The Balaban J connectivity index is 2.10. The normalized spacial score (nSPS) is 35.7. The molecule has 0 amide bonds. The van der Waals surface area contributed by atoms with E-state index in [1.54, 1.807) is 0 Å². The van der Waals surface area contributed by atoms with Gasteiger partial charge < -0.3 is 4.74 Å². The summed E-state index contributed by atoms with van der Waals surface area (Å²) in [5, 5.41) is 0. The largest absolute Gasteiger partial charge is 0.458 e. The van der Waals surface area contributed by atoms with Gasteiger partial charge >= 0.3 is 5.97 Å². The SMILES string of the molecule is C=C1CCCC2CCC(=O)OC12. The van der Waals surface area contributed by atoms with Crippen molar-refractivity contribution in [3.05, 3.63) is 12.2 Å². The van der Waals surface area contributed by atoms with Gasteiger partial charge in [0.25, 0.3) is 0 Å². The molecule has 2 aliphatic rings. The Morgan fingerprint density at radius 3 is 3.00 bits per heavy atom. The molecule has 2 nitrogen and oxygen atoms in total. The summed E-state index contributed by atoms with van der Waals surface area (Å²) in [5.41, 5.74) is 1.12. The molecule has 0 spiro atoms. The van der Waals surface area contributed by atoms with Crippen LogP contribution >= 0.6 is 0 Å². The first-order valence-electron chi connectivity index (χ1n) is 4.64. The molecule has 12 heavy (non-hydrogen) atoms. The maximum absolute atomic E-state index is 11.0. The second kappa shape index (κ2) is 2.92. The quantitative estimate of drug-likeness (QED) is 0.406. The highest BCUT2D eigenvalue weighted by molar-refractivity contribution is 5.70. The zero-order valence-electron chi connectivity index (χ0n) is 7.21. The Hall–Kier alpha value is -0.790.